The van der Waals surface area contributed by atoms with Gasteiger partial charge in [0.15, 0.2) is 0 Å². The van der Waals surface area contributed by atoms with Gasteiger partial charge in [0.25, 0.3) is 5.91 Å². The van der Waals surface area contributed by atoms with E-state index in [4.69, 9.17) is 0 Å². The van der Waals surface area contributed by atoms with Crippen LogP contribution in [0.15, 0.2) is 48.5 Å². The number of nitrogens with zero attached hydrogens (tertiary/aromatic N) is 2. The molecule has 6 nitrogen and oxygen atoms in total. The number of benzene rings is 2. The maximum atomic E-state index is 12.6. The number of hydrogen-bond acceptors (Lipinski definition) is 4. The summed E-state index contributed by atoms with van der Waals surface area (Å²) in [6.45, 7) is 7.58. The Morgan fingerprint density at radius 2 is 1.67 bits per heavy atom. The van der Waals surface area contributed by atoms with Gasteiger partial charge < -0.3 is 5.32 Å². The third-order valence-electron chi connectivity index (χ3n) is 5.58. The van der Waals surface area contributed by atoms with Gasteiger partial charge in [0.1, 0.15) is 0 Å². The fourth-order valence-electron chi connectivity index (χ4n) is 3.69. The second-order valence-electron chi connectivity index (χ2n) is 7.44. The standard InChI is InChI=1S/C24H29N3O3/c1-3-26(4-2)17-20-11-6-5-10-19(20)16-25-22(28)13-14-27-23(29)15-18-9-7-8-12-21(18)24(27)30/h5-12H,3-4,13-17H2,1-2H3,(H,25,28). The molecule has 0 aromatic heterocycles. The minimum Gasteiger partial charge on any atom is -0.352 e. The number of nitrogens with one attached hydrogen (secondary N) is 1. The van der Waals surface area contributed by atoms with Crippen molar-refractivity contribution in [1.29, 1.82) is 0 Å². The first-order chi connectivity index (χ1) is 14.5. The highest BCUT2D eigenvalue weighted by Crippen LogP contribution is 2.19. The molecular weight excluding hydrogens is 378 g/mol. The number of carbonyl (C=O) groups excluding carboxylic acids is 3. The molecule has 3 rings (SSSR count). The zero-order valence-corrected chi connectivity index (χ0v) is 17.7. The summed E-state index contributed by atoms with van der Waals surface area (Å²) in [4.78, 5) is 40.8. The smallest absolute Gasteiger partial charge is 0.260 e. The van der Waals surface area contributed by atoms with Crippen LogP contribution in [0.25, 0.3) is 0 Å². The normalized spacial score (nSPS) is 13.5. The zero-order valence-electron chi connectivity index (χ0n) is 17.7. The predicted octanol–water partition coefficient (Wildman–Crippen LogP) is 2.76. The summed E-state index contributed by atoms with van der Waals surface area (Å²) in [6, 6.07) is 15.2. The Morgan fingerprint density at radius 1 is 1.00 bits per heavy atom. The van der Waals surface area contributed by atoms with E-state index >= 15 is 0 Å². The number of carbonyl (C=O) groups is 3. The number of rotatable bonds is 9. The first-order valence-electron chi connectivity index (χ1n) is 10.5. The molecule has 0 radical (unpaired) electrons. The van der Waals surface area contributed by atoms with Gasteiger partial charge >= 0.3 is 0 Å². The molecule has 158 valence electrons. The minimum atomic E-state index is -0.320. The molecular formula is C24H29N3O3. The minimum absolute atomic E-state index is 0.0951. The van der Waals surface area contributed by atoms with Crippen LogP contribution in [0.1, 0.15) is 47.3 Å². The maximum Gasteiger partial charge on any atom is 0.260 e. The van der Waals surface area contributed by atoms with Crippen LogP contribution in [0.4, 0.5) is 0 Å². The summed E-state index contributed by atoms with van der Waals surface area (Å²) in [5.41, 5.74) is 3.57. The van der Waals surface area contributed by atoms with E-state index in [-0.39, 0.29) is 37.1 Å². The number of hydrogen-bond donors (Lipinski definition) is 1. The number of imide groups is 1. The Hall–Kier alpha value is -2.99. The molecule has 2 aromatic rings. The summed E-state index contributed by atoms with van der Waals surface area (Å²) in [5.74, 6) is -0.748. The monoisotopic (exact) mass is 407 g/mol. The van der Waals surface area contributed by atoms with E-state index < -0.39 is 0 Å². The van der Waals surface area contributed by atoms with Crippen LogP contribution in [0.3, 0.4) is 0 Å². The molecule has 1 heterocycles. The van der Waals surface area contributed by atoms with Crippen LogP contribution in [0.2, 0.25) is 0 Å². The maximum absolute atomic E-state index is 12.6. The highest BCUT2D eigenvalue weighted by molar-refractivity contribution is 6.09. The SMILES string of the molecule is CCN(CC)Cc1ccccc1CNC(=O)CCN1C(=O)Cc2ccccc2C1=O. The van der Waals surface area contributed by atoms with Crippen molar-refractivity contribution < 1.29 is 14.4 Å². The van der Waals surface area contributed by atoms with Gasteiger partial charge in [-0.25, -0.2) is 0 Å². The van der Waals surface area contributed by atoms with Crippen molar-refractivity contribution in [2.75, 3.05) is 19.6 Å². The van der Waals surface area contributed by atoms with Gasteiger partial charge in [0.2, 0.25) is 11.8 Å². The van der Waals surface area contributed by atoms with E-state index in [2.05, 4.69) is 30.1 Å². The molecule has 1 aliphatic heterocycles. The molecule has 0 fully saturated rings. The van der Waals surface area contributed by atoms with Gasteiger partial charge in [-0.3, -0.25) is 24.2 Å². The lowest BCUT2D eigenvalue weighted by Crippen LogP contribution is -2.44. The highest BCUT2D eigenvalue weighted by Gasteiger charge is 2.30. The van der Waals surface area contributed by atoms with Crippen LogP contribution < -0.4 is 5.32 Å². The fraction of sp³-hybridized carbons (Fsp3) is 0.375. The molecule has 1 aliphatic rings. The van der Waals surface area contributed by atoms with Crippen molar-refractivity contribution in [2.45, 2.75) is 39.8 Å². The Morgan fingerprint density at radius 3 is 2.40 bits per heavy atom. The first-order valence-corrected chi connectivity index (χ1v) is 10.5. The number of amides is 3. The summed E-state index contributed by atoms with van der Waals surface area (Å²) >= 11 is 0. The average Bonchev–Trinajstić information content (AvgIpc) is 2.76. The third kappa shape index (κ3) is 5.13. The summed E-state index contributed by atoms with van der Waals surface area (Å²) < 4.78 is 0. The van der Waals surface area contributed by atoms with Gasteiger partial charge in [-0.1, -0.05) is 56.3 Å². The fourth-order valence-corrected chi connectivity index (χ4v) is 3.69. The van der Waals surface area contributed by atoms with E-state index in [9.17, 15) is 14.4 Å². The largest absolute Gasteiger partial charge is 0.352 e. The lowest BCUT2D eigenvalue weighted by atomic mass is 9.98. The molecule has 30 heavy (non-hydrogen) atoms. The molecule has 6 heteroatoms. The van der Waals surface area contributed by atoms with Crippen LogP contribution >= 0.6 is 0 Å². The van der Waals surface area contributed by atoms with E-state index in [1.807, 2.05) is 24.3 Å². The van der Waals surface area contributed by atoms with Crippen molar-refractivity contribution in [2.24, 2.45) is 0 Å². The average molecular weight is 408 g/mol. The molecule has 0 unspecified atom stereocenters. The van der Waals surface area contributed by atoms with Gasteiger partial charge in [-0.15, -0.1) is 0 Å². The Bertz CT molecular complexity index is 921. The van der Waals surface area contributed by atoms with Crippen molar-refractivity contribution in [3.63, 3.8) is 0 Å². The number of fused-ring (bicyclic) bond motifs is 1. The molecule has 0 atom stereocenters. The van der Waals surface area contributed by atoms with Crippen molar-refractivity contribution in [1.82, 2.24) is 15.1 Å². The van der Waals surface area contributed by atoms with Gasteiger partial charge in [-0.05, 0) is 35.8 Å². The first kappa shape index (κ1) is 21.7. The quantitative estimate of drug-likeness (QED) is 0.649. The molecule has 1 N–H and O–H groups in total. The van der Waals surface area contributed by atoms with Crippen LogP contribution in [-0.2, 0) is 29.1 Å². The lowest BCUT2D eigenvalue weighted by Gasteiger charge is -2.26. The Labute approximate surface area is 177 Å². The van der Waals surface area contributed by atoms with E-state index in [1.54, 1.807) is 18.2 Å². The van der Waals surface area contributed by atoms with E-state index in [1.165, 1.54) is 10.5 Å². The lowest BCUT2D eigenvalue weighted by molar-refractivity contribution is -0.129. The molecule has 0 saturated carbocycles. The Kier molecular flexibility index (Phi) is 7.36. The second-order valence-corrected chi connectivity index (χ2v) is 7.44. The van der Waals surface area contributed by atoms with Crippen LogP contribution in [0.5, 0.6) is 0 Å². The van der Waals surface area contributed by atoms with Gasteiger partial charge in [0.05, 0.1) is 6.42 Å². The topological polar surface area (TPSA) is 69.7 Å². The van der Waals surface area contributed by atoms with E-state index in [0.29, 0.717) is 12.1 Å². The highest BCUT2D eigenvalue weighted by atomic mass is 16.2. The van der Waals surface area contributed by atoms with Crippen LogP contribution in [-0.4, -0.2) is 47.2 Å². The second kappa shape index (κ2) is 10.2. The summed E-state index contributed by atoms with van der Waals surface area (Å²) in [5, 5.41) is 2.93. The molecule has 0 saturated heterocycles. The van der Waals surface area contributed by atoms with Gasteiger partial charge in [-0.2, -0.15) is 0 Å². The zero-order chi connectivity index (χ0) is 21.5. The van der Waals surface area contributed by atoms with Crippen molar-refractivity contribution in [3.05, 3.63) is 70.8 Å². The summed E-state index contributed by atoms with van der Waals surface area (Å²) in [7, 11) is 0. The summed E-state index contributed by atoms with van der Waals surface area (Å²) in [6.07, 6.45) is 0.292. The van der Waals surface area contributed by atoms with Gasteiger partial charge in [0, 0.05) is 31.6 Å². The Balaban J connectivity index is 1.55. The molecule has 0 aliphatic carbocycles. The van der Waals surface area contributed by atoms with Crippen molar-refractivity contribution >= 4 is 17.7 Å². The van der Waals surface area contributed by atoms with E-state index in [0.717, 1.165) is 30.8 Å². The predicted molar refractivity (Wildman–Crippen MR) is 116 cm³/mol. The molecule has 2 aromatic carbocycles. The molecule has 0 spiro atoms. The van der Waals surface area contributed by atoms with Crippen LogP contribution in [0, 0.1) is 0 Å². The molecule has 3 amide bonds. The molecule has 0 bridgehead atoms. The van der Waals surface area contributed by atoms with Crippen molar-refractivity contribution in [3.8, 4) is 0 Å². The third-order valence-corrected chi connectivity index (χ3v) is 5.58.